The maximum atomic E-state index is 12.7. The van der Waals surface area contributed by atoms with Gasteiger partial charge in [-0.25, -0.2) is 8.42 Å². The van der Waals surface area contributed by atoms with Gasteiger partial charge in [0.15, 0.2) is 0 Å². The molecule has 0 aliphatic rings. The Labute approximate surface area is 157 Å². The Balaban J connectivity index is 2.36. The summed E-state index contributed by atoms with van der Waals surface area (Å²) in [6, 6.07) is 9.36. The van der Waals surface area contributed by atoms with Crippen molar-refractivity contribution < 1.29 is 22.7 Å². The Morgan fingerprint density at radius 1 is 1.08 bits per heavy atom. The van der Waals surface area contributed by atoms with Gasteiger partial charge in [0.25, 0.3) is 5.91 Å². The Hall–Kier alpha value is -2.45. The summed E-state index contributed by atoms with van der Waals surface area (Å²) in [4.78, 5) is 12.7. The van der Waals surface area contributed by atoms with E-state index in [1.54, 1.807) is 24.3 Å². The molecule has 0 unspecified atom stereocenters. The van der Waals surface area contributed by atoms with Crippen molar-refractivity contribution in [3.63, 3.8) is 0 Å². The summed E-state index contributed by atoms with van der Waals surface area (Å²) in [7, 11) is 0.865. The summed E-state index contributed by atoms with van der Waals surface area (Å²) < 4.78 is 34.8. The van der Waals surface area contributed by atoms with Gasteiger partial charge in [-0.2, -0.15) is 0 Å². The van der Waals surface area contributed by atoms with Crippen LogP contribution in [0.4, 0.5) is 11.4 Å². The number of hydrogen-bond donors (Lipinski definition) is 1. The number of carbonyl (C=O) groups excluding carboxylic acids is 1. The molecule has 2 aromatic carbocycles. The smallest absolute Gasteiger partial charge is 0.259 e. The second-order valence-corrected chi connectivity index (χ2v) is 7.84. The Bertz CT molecular complexity index is 931. The van der Waals surface area contributed by atoms with Crippen molar-refractivity contribution >= 4 is 38.9 Å². The second kappa shape index (κ2) is 7.84. The van der Waals surface area contributed by atoms with Crippen LogP contribution in [0.2, 0.25) is 5.02 Å². The number of nitrogens with one attached hydrogen (secondary N) is 1. The molecule has 9 heteroatoms. The predicted octanol–water partition coefficient (Wildman–Crippen LogP) is 3.01. The molecule has 0 heterocycles. The van der Waals surface area contributed by atoms with Gasteiger partial charge in [-0.3, -0.25) is 9.10 Å². The van der Waals surface area contributed by atoms with Gasteiger partial charge in [-0.1, -0.05) is 11.6 Å². The average molecular weight is 399 g/mol. The molecule has 0 aliphatic carbocycles. The largest absolute Gasteiger partial charge is 0.496 e. The van der Waals surface area contributed by atoms with E-state index in [-0.39, 0.29) is 5.56 Å². The fourth-order valence-corrected chi connectivity index (χ4v) is 2.96. The molecule has 1 amide bonds. The minimum absolute atomic E-state index is 0.187. The van der Waals surface area contributed by atoms with E-state index >= 15 is 0 Å². The van der Waals surface area contributed by atoms with E-state index in [1.165, 1.54) is 33.4 Å². The zero-order chi connectivity index (χ0) is 19.5. The van der Waals surface area contributed by atoms with E-state index in [0.717, 1.165) is 10.6 Å². The molecule has 0 bridgehead atoms. The number of halogens is 1. The second-order valence-electron chi connectivity index (χ2n) is 5.42. The number of anilines is 2. The molecule has 0 aliphatic heterocycles. The van der Waals surface area contributed by atoms with Crippen LogP contribution in [0.25, 0.3) is 0 Å². The molecule has 0 fully saturated rings. The predicted molar refractivity (Wildman–Crippen MR) is 102 cm³/mol. The van der Waals surface area contributed by atoms with Crippen LogP contribution in [0.15, 0.2) is 36.4 Å². The van der Waals surface area contributed by atoms with Crippen LogP contribution in [0.5, 0.6) is 11.5 Å². The van der Waals surface area contributed by atoms with E-state index in [9.17, 15) is 13.2 Å². The molecular weight excluding hydrogens is 380 g/mol. The monoisotopic (exact) mass is 398 g/mol. The first-order valence-corrected chi connectivity index (χ1v) is 9.67. The number of amides is 1. The van der Waals surface area contributed by atoms with Crippen LogP contribution >= 0.6 is 11.6 Å². The van der Waals surface area contributed by atoms with E-state index < -0.39 is 15.9 Å². The molecule has 0 radical (unpaired) electrons. The Morgan fingerprint density at radius 2 is 1.69 bits per heavy atom. The SMILES string of the molecule is COc1ccc(NC(=O)c2cc(N(C)S(C)(=O)=O)ccc2OC)cc1Cl. The van der Waals surface area contributed by atoms with Crippen molar-refractivity contribution in [1.82, 2.24) is 0 Å². The van der Waals surface area contributed by atoms with E-state index in [4.69, 9.17) is 21.1 Å². The third-order valence-corrected chi connectivity index (χ3v) is 5.20. The molecule has 0 atom stereocenters. The van der Waals surface area contributed by atoms with Gasteiger partial charge in [0.05, 0.1) is 36.7 Å². The third-order valence-electron chi connectivity index (χ3n) is 3.70. The zero-order valence-corrected chi connectivity index (χ0v) is 16.3. The van der Waals surface area contributed by atoms with Crippen molar-refractivity contribution in [3.8, 4) is 11.5 Å². The molecule has 2 rings (SSSR count). The first kappa shape index (κ1) is 19.9. The van der Waals surface area contributed by atoms with Crippen LogP contribution < -0.4 is 19.1 Å². The molecule has 2 aromatic rings. The van der Waals surface area contributed by atoms with Crippen LogP contribution in [0.3, 0.4) is 0 Å². The molecule has 7 nitrogen and oxygen atoms in total. The number of benzene rings is 2. The number of nitrogens with zero attached hydrogens (tertiary/aromatic N) is 1. The molecular formula is C17H19ClN2O5S. The highest BCUT2D eigenvalue weighted by molar-refractivity contribution is 7.92. The number of sulfonamides is 1. The Morgan fingerprint density at radius 3 is 2.23 bits per heavy atom. The van der Waals surface area contributed by atoms with Gasteiger partial charge >= 0.3 is 0 Å². The maximum Gasteiger partial charge on any atom is 0.259 e. The summed E-state index contributed by atoms with van der Waals surface area (Å²) in [6.45, 7) is 0. The molecule has 0 spiro atoms. The van der Waals surface area contributed by atoms with Crippen LogP contribution in [-0.2, 0) is 10.0 Å². The van der Waals surface area contributed by atoms with E-state index in [2.05, 4.69) is 5.32 Å². The van der Waals surface area contributed by atoms with Crippen LogP contribution in [0.1, 0.15) is 10.4 Å². The first-order chi connectivity index (χ1) is 12.2. The topological polar surface area (TPSA) is 84.9 Å². The normalized spacial score (nSPS) is 11.0. The lowest BCUT2D eigenvalue weighted by atomic mass is 10.1. The fourth-order valence-electron chi connectivity index (χ4n) is 2.20. The molecule has 26 heavy (non-hydrogen) atoms. The van der Waals surface area contributed by atoms with E-state index in [0.29, 0.717) is 27.9 Å². The van der Waals surface area contributed by atoms with Crippen molar-refractivity contribution in [2.45, 2.75) is 0 Å². The minimum Gasteiger partial charge on any atom is -0.496 e. The summed E-state index contributed by atoms with van der Waals surface area (Å²) in [5, 5.41) is 3.05. The van der Waals surface area contributed by atoms with Crippen LogP contribution in [-0.4, -0.2) is 41.8 Å². The number of carbonyl (C=O) groups is 1. The molecule has 140 valence electrons. The summed E-state index contributed by atoms with van der Waals surface area (Å²) in [6.07, 6.45) is 1.08. The van der Waals surface area contributed by atoms with Gasteiger partial charge in [0.1, 0.15) is 11.5 Å². The minimum atomic E-state index is -3.46. The lowest BCUT2D eigenvalue weighted by Crippen LogP contribution is -2.25. The Kier molecular flexibility index (Phi) is 5.99. The van der Waals surface area contributed by atoms with Gasteiger partial charge in [-0.05, 0) is 36.4 Å². The molecule has 0 saturated heterocycles. The fraction of sp³-hybridized carbons (Fsp3) is 0.235. The molecule has 0 saturated carbocycles. The number of ether oxygens (including phenoxy) is 2. The number of hydrogen-bond acceptors (Lipinski definition) is 5. The van der Waals surface area contributed by atoms with Crippen molar-refractivity contribution in [1.29, 1.82) is 0 Å². The zero-order valence-electron chi connectivity index (χ0n) is 14.7. The van der Waals surface area contributed by atoms with Crippen molar-refractivity contribution in [3.05, 3.63) is 47.0 Å². The lowest BCUT2D eigenvalue weighted by molar-refractivity contribution is 0.102. The van der Waals surface area contributed by atoms with Crippen molar-refractivity contribution in [2.75, 3.05) is 37.1 Å². The summed E-state index contributed by atoms with van der Waals surface area (Å²) in [5.41, 5.74) is 0.989. The van der Waals surface area contributed by atoms with Gasteiger partial charge in [-0.15, -0.1) is 0 Å². The highest BCUT2D eigenvalue weighted by Gasteiger charge is 2.18. The highest BCUT2D eigenvalue weighted by atomic mass is 35.5. The van der Waals surface area contributed by atoms with E-state index in [1.807, 2.05) is 0 Å². The summed E-state index contributed by atoms with van der Waals surface area (Å²) in [5.74, 6) is 0.332. The average Bonchev–Trinajstić information content (AvgIpc) is 2.59. The lowest BCUT2D eigenvalue weighted by Gasteiger charge is -2.18. The van der Waals surface area contributed by atoms with Crippen molar-refractivity contribution in [2.24, 2.45) is 0 Å². The summed E-state index contributed by atoms with van der Waals surface area (Å²) >= 11 is 6.06. The third kappa shape index (κ3) is 4.39. The van der Waals surface area contributed by atoms with Gasteiger partial charge in [0, 0.05) is 12.7 Å². The van der Waals surface area contributed by atoms with Gasteiger partial charge in [0.2, 0.25) is 10.0 Å². The highest BCUT2D eigenvalue weighted by Crippen LogP contribution is 2.29. The quantitative estimate of drug-likeness (QED) is 0.808. The van der Waals surface area contributed by atoms with Crippen LogP contribution in [0, 0.1) is 0 Å². The molecule has 1 N–H and O–H groups in total. The standard InChI is InChI=1S/C17H19ClN2O5S/c1-20(26(4,22)23)12-6-8-15(24-2)13(10-12)17(21)19-11-5-7-16(25-3)14(18)9-11/h5-10H,1-4H3,(H,19,21). The number of methoxy groups -OCH3 is 2. The first-order valence-electron chi connectivity index (χ1n) is 7.44. The maximum absolute atomic E-state index is 12.7. The molecule has 0 aromatic heterocycles. The number of rotatable bonds is 6. The van der Waals surface area contributed by atoms with Gasteiger partial charge < -0.3 is 14.8 Å².